The fraction of sp³-hybridized carbons (Fsp3) is 0.615. The molecule has 2 atom stereocenters. The van der Waals surface area contributed by atoms with E-state index in [2.05, 4.69) is 30.5 Å². The minimum absolute atomic E-state index is 0.884. The van der Waals surface area contributed by atoms with E-state index in [0.29, 0.717) is 0 Å². The van der Waals surface area contributed by atoms with Crippen molar-refractivity contribution >= 4 is 0 Å². The molecule has 1 aromatic heterocycles. The van der Waals surface area contributed by atoms with Crippen molar-refractivity contribution in [3.63, 3.8) is 0 Å². The fourth-order valence-electron chi connectivity index (χ4n) is 3.46. The van der Waals surface area contributed by atoms with Crippen molar-refractivity contribution in [3.05, 3.63) is 29.1 Å². The number of pyridine rings is 1. The summed E-state index contributed by atoms with van der Waals surface area (Å²) in [5.74, 6) is 1.78. The monoisotopic (exact) mass is 188 g/mol. The summed E-state index contributed by atoms with van der Waals surface area (Å²) in [6.07, 6.45) is 4.30. The Balaban J connectivity index is 2.23. The van der Waals surface area contributed by atoms with Crippen molar-refractivity contribution in [2.24, 2.45) is 0 Å². The lowest BCUT2D eigenvalue weighted by molar-refractivity contribution is -0.707. The molecule has 74 valence electrons. The van der Waals surface area contributed by atoms with Gasteiger partial charge in [0.2, 0.25) is 0 Å². The van der Waals surface area contributed by atoms with Gasteiger partial charge >= 0.3 is 0 Å². The maximum absolute atomic E-state index is 2.53. The van der Waals surface area contributed by atoms with E-state index in [-0.39, 0.29) is 0 Å². The van der Waals surface area contributed by atoms with Gasteiger partial charge in [-0.3, -0.25) is 0 Å². The molecule has 1 nitrogen and oxygen atoms in total. The molecule has 0 amide bonds. The highest BCUT2D eigenvalue weighted by atomic mass is 15.0. The number of hydrogen-bond donors (Lipinski definition) is 0. The average Bonchev–Trinajstić information content (AvgIpc) is 2.77. The summed E-state index contributed by atoms with van der Waals surface area (Å²) in [6, 6.07) is 4.67. The molecule has 1 fully saturated rings. The SMILES string of the molecule is CC[n+]1c(C)ccc2c1C1CCC2C1. The molecule has 0 aliphatic heterocycles. The van der Waals surface area contributed by atoms with E-state index in [1.807, 2.05) is 0 Å². The number of fused-ring (bicyclic) bond motifs is 5. The number of nitrogens with zero attached hydrogens (tertiary/aromatic N) is 1. The van der Waals surface area contributed by atoms with Gasteiger partial charge in [-0.15, -0.1) is 0 Å². The normalized spacial score (nSPS) is 28.1. The standard InChI is InChI=1S/C13H18N/c1-3-14-9(2)4-7-12-10-5-6-11(8-10)13(12)14/h4,7,10-11H,3,5-6,8H2,1-2H3/q+1. The van der Waals surface area contributed by atoms with Crippen LogP contribution in [0.25, 0.3) is 0 Å². The largest absolute Gasteiger partial charge is 0.200 e. The van der Waals surface area contributed by atoms with Crippen LogP contribution in [-0.4, -0.2) is 0 Å². The zero-order chi connectivity index (χ0) is 9.71. The Hall–Kier alpha value is -0.850. The number of aryl methyl sites for hydroxylation is 1. The highest BCUT2D eigenvalue weighted by Crippen LogP contribution is 2.51. The molecule has 1 aromatic rings. The molecule has 14 heavy (non-hydrogen) atoms. The minimum atomic E-state index is 0.884. The molecule has 0 N–H and O–H groups in total. The Morgan fingerprint density at radius 2 is 2.07 bits per heavy atom. The van der Waals surface area contributed by atoms with E-state index in [1.165, 1.54) is 25.0 Å². The van der Waals surface area contributed by atoms with Crippen LogP contribution in [0.4, 0.5) is 0 Å². The predicted molar refractivity (Wildman–Crippen MR) is 56.4 cm³/mol. The van der Waals surface area contributed by atoms with Crippen LogP contribution < -0.4 is 4.57 Å². The van der Waals surface area contributed by atoms with Gasteiger partial charge in [0, 0.05) is 24.5 Å². The van der Waals surface area contributed by atoms with E-state index in [4.69, 9.17) is 0 Å². The molecule has 1 heteroatoms. The maximum Gasteiger partial charge on any atom is 0.188 e. The van der Waals surface area contributed by atoms with Crippen LogP contribution in [0.15, 0.2) is 12.1 Å². The first kappa shape index (κ1) is 8.46. The van der Waals surface area contributed by atoms with Crippen LogP contribution in [-0.2, 0) is 6.54 Å². The van der Waals surface area contributed by atoms with Gasteiger partial charge in [0.05, 0.1) is 0 Å². The first-order valence-electron chi connectivity index (χ1n) is 5.84. The van der Waals surface area contributed by atoms with E-state index >= 15 is 0 Å². The van der Waals surface area contributed by atoms with Crippen molar-refractivity contribution in [2.75, 3.05) is 0 Å². The van der Waals surface area contributed by atoms with Crippen molar-refractivity contribution in [2.45, 2.75) is 51.5 Å². The lowest BCUT2D eigenvalue weighted by atomic mass is 9.95. The smallest absolute Gasteiger partial charge is 0.188 e. The maximum atomic E-state index is 2.53. The van der Waals surface area contributed by atoms with Crippen molar-refractivity contribution in [3.8, 4) is 0 Å². The van der Waals surface area contributed by atoms with E-state index < -0.39 is 0 Å². The third-order valence-electron chi connectivity index (χ3n) is 4.09. The molecule has 2 unspecified atom stereocenters. The van der Waals surface area contributed by atoms with Gasteiger partial charge in [0.1, 0.15) is 6.54 Å². The Kier molecular flexibility index (Phi) is 1.70. The number of rotatable bonds is 1. The van der Waals surface area contributed by atoms with E-state index in [9.17, 15) is 0 Å². The van der Waals surface area contributed by atoms with Crippen molar-refractivity contribution < 1.29 is 4.57 Å². The van der Waals surface area contributed by atoms with Gasteiger partial charge in [0.15, 0.2) is 11.4 Å². The lowest BCUT2D eigenvalue weighted by Gasteiger charge is -2.14. The molecule has 0 saturated heterocycles. The second-order valence-electron chi connectivity index (χ2n) is 4.77. The Morgan fingerprint density at radius 3 is 2.86 bits per heavy atom. The van der Waals surface area contributed by atoms with Crippen LogP contribution in [0, 0.1) is 6.92 Å². The van der Waals surface area contributed by atoms with Gasteiger partial charge in [-0.25, -0.2) is 0 Å². The average molecular weight is 188 g/mol. The van der Waals surface area contributed by atoms with Crippen LogP contribution in [0.2, 0.25) is 0 Å². The van der Waals surface area contributed by atoms with Crippen LogP contribution >= 0.6 is 0 Å². The molecule has 1 saturated carbocycles. The van der Waals surface area contributed by atoms with Gasteiger partial charge in [-0.05, 0) is 38.2 Å². The van der Waals surface area contributed by atoms with Gasteiger partial charge in [-0.2, -0.15) is 4.57 Å². The van der Waals surface area contributed by atoms with Crippen molar-refractivity contribution in [1.82, 2.24) is 0 Å². The quantitative estimate of drug-likeness (QED) is 0.597. The third-order valence-corrected chi connectivity index (χ3v) is 4.09. The van der Waals surface area contributed by atoms with Crippen molar-refractivity contribution in [1.29, 1.82) is 0 Å². The Morgan fingerprint density at radius 1 is 1.29 bits per heavy atom. The third kappa shape index (κ3) is 0.930. The summed E-state index contributed by atoms with van der Waals surface area (Å²) in [4.78, 5) is 0. The Labute approximate surface area is 85.8 Å². The summed E-state index contributed by atoms with van der Waals surface area (Å²) >= 11 is 0. The molecule has 0 spiro atoms. The molecule has 1 heterocycles. The molecule has 2 aliphatic carbocycles. The first-order valence-corrected chi connectivity index (χ1v) is 5.84. The minimum Gasteiger partial charge on any atom is -0.200 e. The molecule has 2 bridgehead atoms. The lowest BCUT2D eigenvalue weighted by Crippen LogP contribution is -2.41. The molecule has 0 radical (unpaired) electrons. The highest BCUT2D eigenvalue weighted by Gasteiger charge is 2.43. The first-order chi connectivity index (χ1) is 6.81. The fourth-order valence-corrected chi connectivity index (χ4v) is 3.46. The second-order valence-corrected chi connectivity index (χ2v) is 4.77. The number of hydrogen-bond acceptors (Lipinski definition) is 0. The summed E-state index contributed by atoms with van der Waals surface area (Å²) < 4.78 is 2.53. The van der Waals surface area contributed by atoms with Crippen LogP contribution in [0.5, 0.6) is 0 Å². The van der Waals surface area contributed by atoms with Gasteiger partial charge in [-0.1, -0.05) is 0 Å². The molecule has 3 rings (SSSR count). The van der Waals surface area contributed by atoms with Crippen LogP contribution in [0.3, 0.4) is 0 Å². The summed E-state index contributed by atoms with van der Waals surface area (Å²) in [6.45, 7) is 5.63. The highest BCUT2D eigenvalue weighted by molar-refractivity contribution is 5.33. The summed E-state index contributed by atoms with van der Waals surface area (Å²) in [7, 11) is 0. The predicted octanol–water partition coefficient (Wildman–Crippen LogP) is 2.67. The van der Waals surface area contributed by atoms with Gasteiger partial charge < -0.3 is 0 Å². The summed E-state index contributed by atoms with van der Waals surface area (Å²) in [5, 5.41) is 0. The van der Waals surface area contributed by atoms with Crippen LogP contribution in [0.1, 0.15) is 55.0 Å². The molecular formula is C13H18N+. The van der Waals surface area contributed by atoms with Gasteiger partial charge in [0.25, 0.3) is 0 Å². The zero-order valence-corrected chi connectivity index (χ0v) is 9.09. The topological polar surface area (TPSA) is 3.88 Å². The molecule has 0 aromatic carbocycles. The van der Waals surface area contributed by atoms with E-state index in [0.717, 1.165) is 18.4 Å². The Bertz CT molecular complexity index is 381. The zero-order valence-electron chi connectivity index (χ0n) is 9.09. The van der Waals surface area contributed by atoms with E-state index in [1.54, 1.807) is 11.3 Å². The molecular weight excluding hydrogens is 170 g/mol. The summed E-state index contributed by atoms with van der Waals surface area (Å²) in [5.41, 5.74) is 4.76. The second kappa shape index (κ2) is 2.82. The number of aromatic nitrogens is 1. The molecule has 2 aliphatic rings.